The highest BCUT2D eigenvalue weighted by atomic mass is 32.1. The van der Waals surface area contributed by atoms with Crippen molar-refractivity contribution in [3.05, 3.63) is 107 Å². The summed E-state index contributed by atoms with van der Waals surface area (Å²) in [7, 11) is 1.66. The highest BCUT2D eigenvalue weighted by Gasteiger charge is 2.31. The number of hydrazone groups is 1. The van der Waals surface area contributed by atoms with Crippen LogP contribution in [0.5, 0.6) is 5.75 Å². The van der Waals surface area contributed by atoms with Gasteiger partial charge in [0, 0.05) is 22.1 Å². The van der Waals surface area contributed by atoms with Crippen LogP contribution in [0.15, 0.2) is 94.3 Å². The van der Waals surface area contributed by atoms with Crippen LogP contribution >= 0.6 is 11.3 Å². The zero-order valence-electron chi connectivity index (χ0n) is 18.3. The summed E-state index contributed by atoms with van der Waals surface area (Å²) >= 11 is 1.58. The van der Waals surface area contributed by atoms with Gasteiger partial charge >= 0.3 is 0 Å². The third-order valence-corrected chi connectivity index (χ3v) is 6.18. The molecule has 1 aromatic heterocycles. The molecule has 1 unspecified atom stereocenters. The molecule has 0 amide bonds. The van der Waals surface area contributed by atoms with Crippen LogP contribution in [-0.4, -0.2) is 29.2 Å². The number of ether oxygens (including phenoxy) is 1. The number of nitrogens with zero attached hydrogens (tertiary/aromatic N) is 4. The number of methoxy groups -OCH3 is 1. The molecule has 1 N–H and O–H groups in total. The lowest BCUT2D eigenvalue weighted by Gasteiger charge is -2.35. The molecule has 1 atom stereocenters. The summed E-state index contributed by atoms with van der Waals surface area (Å²) in [5, 5.41) is 13.3. The van der Waals surface area contributed by atoms with Gasteiger partial charge in [0.1, 0.15) is 5.75 Å². The molecule has 5 rings (SSSR count). The van der Waals surface area contributed by atoms with E-state index in [1.54, 1.807) is 18.4 Å². The van der Waals surface area contributed by atoms with Crippen molar-refractivity contribution in [2.75, 3.05) is 12.4 Å². The minimum Gasteiger partial charge on any atom is -0.496 e. The number of anilines is 1. The molecule has 1 aliphatic rings. The molecule has 33 heavy (non-hydrogen) atoms. The molecular weight excluding hydrogens is 430 g/mol. The molecule has 0 saturated heterocycles. The maximum Gasteiger partial charge on any atom is 0.184 e. The van der Waals surface area contributed by atoms with Gasteiger partial charge in [-0.3, -0.25) is 0 Å². The molecule has 1 aliphatic heterocycles. The molecule has 7 heteroatoms. The van der Waals surface area contributed by atoms with Crippen molar-refractivity contribution in [1.82, 2.24) is 9.99 Å². The number of hydrogen-bond acceptors (Lipinski definition) is 7. The van der Waals surface area contributed by atoms with Gasteiger partial charge in [0.2, 0.25) is 0 Å². The first kappa shape index (κ1) is 20.9. The van der Waals surface area contributed by atoms with Crippen LogP contribution in [0.1, 0.15) is 28.6 Å². The SMILES string of the molecule is COc1ccccc1/C=N/N1C(c2ccccc2)=Nc2ccccc2C1Nc1nc(C)cs1. The van der Waals surface area contributed by atoms with Crippen molar-refractivity contribution in [3.8, 4) is 5.75 Å². The molecule has 0 spiro atoms. The first-order chi connectivity index (χ1) is 16.2. The Balaban J connectivity index is 1.63. The van der Waals surface area contributed by atoms with Gasteiger partial charge in [-0.1, -0.05) is 60.7 Å². The van der Waals surface area contributed by atoms with Crippen LogP contribution in [0, 0.1) is 6.92 Å². The molecule has 0 saturated carbocycles. The molecule has 0 fully saturated rings. The number of thiazole rings is 1. The smallest absolute Gasteiger partial charge is 0.184 e. The molecule has 2 heterocycles. The maximum atomic E-state index is 5.51. The summed E-state index contributed by atoms with van der Waals surface area (Å²) in [5.41, 5.74) is 4.78. The van der Waals surface area contributed by atoms with Crippen LogP contribution in [0.3, 0.4) is 0 Å². The van der Waals surface area contributed by atoms with Crippen molar-refractivity contribution in [1.29, 1.82) is 0 Å². The van der Waals surface area contributed by atoms with E-state index in [0.717, 1.165) is 44.8 Å². The Kier molecular flexibility index (Phi) is 5.87. The molecular formula is C26H23N5OS. The van der Waals surface area contributed by atoms with E-state index in [4.69, 9.17) is 14.8 Å². The second kappa shape index (κ2) is 9.26. The number of amidine groups is 1. The highest BCUT2D eigenvalue weighted by Crippen LogP contribution is 2.37. The summed E-state index contributed by atoms with van der Waals surface area (Å²) in [6, 6.07) is 26.0. The number of rotatable bonds is 6. The number of benzene rings is 3. The molecule has 6 nitrogen and oxygen atoms in total. The van der Waals surface area contributed by atoms with E-state index in [2.05, 4.69) is 16.4 Å². The summed E-state index contributed by atoms with van der Waals surface area (Å²) in [5.74, 6) is 1.52. The van der Waals surface area contributed by atoms with Gasteiger partial charge in [-0.15, -0.1) is 11.3 Å². The average molecular weight is 454 g/mol. The lowest BCUT2D eigenvalue weighted by molar-refractivity contribution is 0.360. The van der Waals surface area contributed by atoms with Gasteiger partial charge in [0.15, 0.2) is 17.1 Å². The van der Waals surface area contributed by atoms with E-state index < -0.39 is 0 Å². The second-order valence-corrected chi connectivity index (χ2v) is 8.39. The summed E-state index contributed by atoms with van der Waals surface area (Å²) in [6.07, 6.45) is 1.53. The normalized spacial score (nSPS) is 15.3. The fraction of sp³-hybridized carbons (Fsp3) is 0.115. The molecule has 164 valence electrons. The standard InChI is InChI=1S/C26H23N5OS/c1-18-17-33-26(28-18)30-25-21-13-7-8-14-22(21)29-24(19-10-4-3-5-11-19)31(25)27-16-20-12-6-9-15-23(20)32-2/h3-17,25H,1-2H3,(H,28,30)/b27-16+. The summed E-state index contributed by atoms with van der Waals surface area (Å²) in [4.78, 5) is 9.61. The first-order valence-electron chi connectivity index (χ1n) is 10.6. The van der Waals surface area contributed by atoms with E-state index in [9.17, 15) is 0 Å². The fourth-order valence-corrected chi connectivity index (χ4v) is 4.43. The quantitative estimate of drug-likeness (QED) is 0.364. The van der Waals surface area contributed by atoms with Gasteiger partial charge in [-0.2, -0.15) is 5.10 Å². The number of para-hydroxylation sites is 2. The highest BCUT2D eigenvalue weighted by molar-refractivity contribution is 7.13. The van der Waals surface area contributed by atoms with Crippen LogP contribution in [-0.2, 0) is 0 Å². The molecule has 0 aliphatic carbocycles. The lowest BCUT2D eigenvalue weighted by Crippen LogP contribution is -2.38. The third-order valence-electron chi connectivity index (χ3n) is 5.29. The Morgan fingerprint density at radius 3 is 2.55 bits per heavy atom. The van der Waals surface area contributed by atoms with Crippen molar-refractivity contribution in [2.45, 2.75) is 13.1 Å². The summed E-state index contributed by atoms with van der Waals surface area (Å²) < 4.78 is 5.51. The fourth-order valence-electron chi connectivity index (χ4n) is 3.72. The van der Waals surface area contributed by atoms with Gasteiger partial charge in [0.25, 0.3) is 0 Å². The topological polar surface area (TPSA) is 62.1 Å². The Hall–Kier alpha value is -3.97. The molecule has 0 bridgehead atoms. The Labute approximate surface area is 196 Å². The number of aromatic nitrogens is 1. The van der Waals surface area contributed by atoms with Crippen LogP contribution in [0.25, 0.3) is 0 Å². The van der Waals surface area contributed by atoms with Gasteiger partial charge in [-0.05, 0) is 25.1 Å². The second-order valence-electron chi connectivity index (χ2n) is 7.53. The zero-order valence-corrected chi connectivity index (χ0v) is 19.2. The zero-order chi connectivity index (χ0) is 22.6. The van der Waals surface area contributed by atoms with E-state index in [-0.39, 0.29) is 6.17 Å². The van der Waals surface area contributed by atoms with Gasteiger partial charge in [-0.25, -0.2) is 15.0 Å². The number of aryl methyl sites for hydroxylation is 1. The Morgan fingerprint density at radius 2 is 1.76 bits per heavy atom. The Bertz CT molecular complexity index is 1320. The van der Waals surface area contributed by atoms with E-state index >= 15 is 0 Å². The molecule has 4 aromatic rings. The Morgan fingerprint density at radius 1 is 1.00 bits per heavy atom. The molecule has 3 aromatic carbocycles. The van der Waals surface area contributed by atoms with E-state index in [1.165, 1.54) is 0 Å². The van der Waals surface area contributed by atoms with Crippen molar-refractivity contribution < 1.29 is 4.74 Å². The largest absolute Gasteiger partial charge is 0.496 e. The number of nitrogens with one attached hydrogen (secondary N) is 1. The van der Waals surface area contributed by atoms with Crippen molar-refractivity contribution in [2.24, 2.45) is 10.1 Å². The minimum atomic E-state index is -0.287. The van der Waals surface area contributed by atoms with E-state index in [1.807, 2.05) is 96.3 Å². The maximum absolute atomic E-state index is 5.51. The minimum absolute atomic E-state index is 0.287. The van der Waals surface area contributed by atoms with Gasteiger partial charge < -0.3 is 10.1 Å². The number of hydrogen-bond donors (Lipinski definition) is 1. The average Bonchev–Trinajstić information content (AvgIpc) is 3.28. The van der Waals surface area contributed by atoms with Crippen molar-refractivity contribution >= 4 is 34.2 Å². The number of fused-ring (bicyclic) bond motifs is 1. The van der Waals surface area contributed by atoms with Crippen LogP contribution in [0.4, 0.5) is 10.8 Å². The monoisotopic (exact) mass is 453 g/mol. The van der Waals surface area contributed by atoms with E-state index in [0.29, 0.717) is 0 Å². The third kappa shape index (κ3) is 4.36. The predicted molar refractivity (Wildman–Crippen MR) is 135 cm³/mol. The lowest BCUT2D eigenvalue weighted by atomic mass is 10.1. The first-order valence-corrected chi connectivity index (χ1v) is 11.5. The van der Waals surface area contributed by atoms with Crippen molar-refractivity contribution in [3.63, 3.8) is 0 Å². The predicted octanol–water partition coefficient (Wildman–Crippen LogP) is 6.00. The van der Waals surface area contributed by atoms with Crippen LogP contribution < -0.4 is 10.1 Å². The molecule has 0 radical (unpaired) electrons. The summed E-state index contributed by atoms with van der Waals surface area (Å²) in [6.45, 7) is 1.99. The number of aliphatic imine (C=N–C) groups is 1. The van der Waals surface area contributed by atoms with Gasteiger partial charge in [0.05, 0.1) is 24.7 Å². The van der Waals surface area contributed by atoms with Crippen LogP contribution in [0.2, 0.25) is 0 Å².